The van der Waals surface area contributed by atoms with Gasteiger partial charge < -0.3 is 5.32 Å². The SMILES string of the molecule is C#CCCCCNc1ccc(C(F)(F)F)cc1Br. The molecular weight excluding hydrogens is 307 g/mol. The smallest absolute Gasteiger partial charge is 0.384 e. The van der Waals surface area contributed by atoms with Crippen molar-refractivity contribution in [2.45, 2.75) is 25.4 Å². The summed E-state index contributed by atoms with van der Waals surface area (Å²) in [4.78, 5) is 0. The first-order valence-electron chi connectivity index (χ1n) is 5.49. The molecular formula is C13H13BrF3N. The molecule has 18 heavy (non-hydrogen) atoms. The second-order valence-corrected chi connectivity index (χ2v) is 4.63. The number of unbranched alkanes of at least 4 members (excludes halogenated alkanes) is 2. The van der Waals surface area contributed by atoms with Gasteiger partial charge in [-0.05, 0) is 47.0 Å². The molecule has 0 heterocycles. The minimum atomic E-state index is -4.31. The van der Waals surface area contributed by atoms with Crippen LogP contribution in [-0.4, -0.2) is 6.54 Å². The minimum Gasteiger partial charge on any atom is -0.384 e. The molecule has 0 aliphatic carbocycles. The Balaban J connectivity index is 2.56. The van der Waals surface area contributed by atoms with Crippen molar-refractivity contribution < 1.29 is 13.2 Å². The summed E-state index contributed by atoms with van der Waals surface area (Å²) in [6, 6.07) is 3.56. The number of rotatable bonds is 5. The topological polar surface area (TPSA) is 12.0 Å². The number of benzene rings is 1. The second-order valence-electron chi connectivity index (χ2n) is 3.78. The van der Waals surface area contributed by atoms with Crippen LogP contribution in [0.2, 0.25) is 0 Å². The van der Waals surface area contributed by atoms with Crippen LogP contribution in [0.4, 0.5) is 18.9 Å². The van der Waals surface area contributed by atoms with Crippen LogP contribution in [0.15, 0.2) is 22.7 Å². The van der Waals surface area contributed by atoms with Crippen LogP contribution in [-0.2, 0) is 6.18 Å². The Bertz CT molecular complexity index is 435. The molecule has 0 saturated heterocycles. The lowest BCUT2D eigenvalue weighted by Crippen LogP contribution is -2.06. The Morgan fingerprint density at radius 1 is 1.28 bits per heavy atom. The first-order valence-corrected chi connectivity index (χ1v) is 6.28. The van der Waals surface area contributed by atoms with Crippen molar-refractivity contribution in [2.75, 3.05) is 11.9 Å². The van der Waals surface area contributed by atoms with Gasteiger partial charge in [0.15, 0.2) is 0 Å². The van der Waals surface area contributed by atoms with Crippen LogP contribution in [0, 0.1) is 12.3 Å². The summed E-state index contributed by atoms with van der Waals surface area (Å²) >= 11 is 3.13. The van der Waals surface area contributed by atoms with Crippen molar-refractivity contribution in [3.05, 3.63) is 28.2 Å². The Labute approximate surface area is 113 Å². The fourth-order valence-electron chi connectivity index (χ4n) is 1.41. The van der Waals surface area contributed by atoms with E-state index in [1.165, 1.54) is 6.07 Å². The Kier molecular flexibility index (Phi) is 5.54. The first kappa shape index (κ1) is 14.9. The summed E-state index contributed by atoms with van der Waals surface area (Å²) in [5, 5.41) is 3.07. The molecule has 0 unspecified atom stereocenters. The molecule has 0 amide bonds. The minimum absolute atomic E-state index is 0.411. The van der Waals surface area contributed by atoms with Crippen molar-refractivity contribution in [3.8, 4) is 12.3 Å². The van der Waals surface area contributed by atoms with Crippen molar-refractivity contribution >= 4 is 21.6 Å². The molecule has 0 aliphatic rings. The molecule has 5 heteroatoms. The van der Waals surface area contributed by atoms with E-state index in [1.807, 2.05) is 0 Å². The molecule has 1 aromatic carbocycles. The predicted molar refractivity (Wildman–Crippen MR) is 70.3 cm³/mol. The fourth-order valence-corrected chi connectivity index (χ4v) is 1.93. The van der Waals surface area contributed by atoms with Crippen LogP contribution in [0.25, 0.3) is 0 Å². The Hall–Kier alpha value is -1.15. The lowest BCUT2D eigenvalue weighted by molar-refractivity contribution is -0.137. The van der Waals surface area contributed by atoms with Gasteiger partial charge in [0.25, 0.3) is 0 Å². The van der Waals surface area contributed by atoms with E-state index in [4.69, 9.17) is 6.42 Å². The Morgan fingerprint density at radius 2 is 2.00 bits per heavy atom. The molecule has 0 bridgehead atoms. The zero-order valence-electron chi connectivity index (χ0n) is 9.65. The van der Waals surface area contributed by atoms with Crippen LogP contribution in [0.3, 0.4) is 0 Å². The largest absolute Gasteiger partial charge is 0.416 e. The maximum atomic E-state index is 12.4. The highest BCUT2D eigenvalue weighted by atomic mass is 79.9. The standard InChI is InChI=1S/C13H13BrF3N/c1-2-3-4-5-8-18-12-7-6-10(9-11(12)14)13(15,16)17/h1,6-7,9,18H,3-5,8H2. The summed E-state index contributed by atoms with van der Waals surface area (Å²) in [6.45, 7) is 0.686. The highest BCUT2D eigenvalue weighted by Gasteiger charge is 2.30. The van der Waals surface area contributed by atoms with Gasteiger partial charge in [-0.15, -0.1) is 12.3 Å². The molecule has 0 spiro atoms. The molecule has 1 rings (SSSR count). The van der Waals surface area contributed by atoms with E-state index in [0.717, 1.165) is 31.4 Å². The number of anilines is 1. The number of alkyl halides is 3. The molecule has 0 fully saturated rings. The fraction of sp³-hybridized carbons (Fsp3) is 0.385. The lowest BCUT2D eigenvalue weighted by Gasteiger charge is -2.11. The van der Waals surface area contributed by atoms with E-state index in [9.17, 15) is 13.2 Å². The van der Waals surface area contributed by atoms with Crippen LogP contribution < -0.4 is 5.32 Å². The molecule has 0 aliphatic heterocycles. The highest BCUT2D eigenvalue weighted by Crippen LogP contribution is 2.33. The Morgan fingerprint density at radius 3 is 2.56 bits per heavy atom. The number of nitrogens with one attached hydrogen (secondary N) is 1. The van der Waals surface area contributed by atoms with Gasteiger partial charge in [0.05, 0.1) is 5.56 Å². The molecule has 0 atom stereocenters. The number of hydrogen-bond acceptors (Lipinski definition) is 1. The van der Waals surface area contributed by atoms with Gasteiger partial charge in [0, 0.05) is 23.1 Å². The van der Waals surface area contributed by atoms with Crippen LogP contribution in [0.5, 0.6) is 0 Å². The molecule has 0 radical (unpaired) electrons. The van der Waals surface area contributed by atoms with Crippen molar-refractivity contribution in [2.24, 2.45) is 0 Å². The normalized spacial score (nSPS) is 11.1. The maximum Gasteiger partial charge on any atom is 0.416 e. The molecule has 1 N–H and O–H groups in total. The summed E-state index contributed by atoms with van der Waals surface area (Å²) in [5.74, 6) is 2.54. The number of terminal acetylenes is 1. The van der Waals surface area contributed by atoms with E-state index in [0.29, 0.717) is 16.7 Å². The van der Waals surface area contributed by atoms with Gasteiger partial charge in [-0.25, -0.2) is 0 Å². The quantitative estimate of drug-likeness (QED) is 0.613. The third kappa shape index (κ3) is 4.61. The summed E-state index contributed by atoms with van der Waals surface area (Å²) in [7, 11) is 0. The van der Waals surface area contributed by atoms with Gasteiger partial charge in [-0.2, -0.15) is 13.2 Å². The van der Waals surface area contributed by atoms with E-state index in [-0.39, 0.29) is 0 Å². The molecule has 98 valence electrons. The molecule has 1 nitrogen and oxygen atoms in total. The monoisotopic (exact) mass is 319 g/mol. The summed E-state index contributed by atoms with van der Waals surface area (Å²) in [5.41, 5.74) is -0.00374. The molecule has 0 saturated carbocycles. The van der Waals surface area contributed by atoms with Crippen LogP contribution in [0.1, 0.15) is 24.8 Å². The molecule has 1 aromatic rings. The number of halogens is 4. The van der Waals surface area contributed by atoms with E-state index in [1.54, 1.807) is 0 Å². The lowest BCUT2D eigenvalue weighted by atomic mass is 10.2. The first-order chi connectivity index (χ1) is 8.45. The summed E-state index contributed by atoms with van der Waals surface area (Å²) in [6.07, 6.45) is 3.32. The van der Waals surface area contributed by atoms with Crippen LogP contribution >= 0.6 is 15.9 Å². The molecule has 0 aromatic heterocycles. The van der Waals surface area contributed by atoms with Gasteiger partial charge in [0.2, 0.25) is 0 Å². The van der Waals surface area contributed by atoms with Crippen molar-refractivity contribution in [1.82, 2.24) is 0 Å². The summed E-state index contributed by atoms with van der Waals surface area (Å²) < 4.78 is 37.7. The average molecular weight is 320 g/mol. The van der Waals surface area contributed by atoms with Crippen molar-refractivity contribution in [3.63, 3.8) is 0 Å². The number of hydrogen-bond donors (Lipinski definition) is 1. The van der Waals surface area contributed by atoms with Gasteiger partial charge in [-0.3, -0.25) is 0 Å². The third-order valence-electron chi connectivity index (χ3n) is 2.36. The van der Waals surface area contributed by atoms with E-state index >= 15 is 0 Å². The van der Waals surface area contributed by atoms with Crippen molar-refractivity contribution in [1.29, 1.82) is 0 Å². The van der Waals surface area contributed by atoms with E-state index in [2.05, 4.69) is 27.2 Å². The van der Waals surface area contributed by atoms with Gasteiger partial charge >= 0.3 is 6.18 Å². The highest BCUT2D eigenvalue weighted by molar-refractivity contribution is 9.10. The van der Waals surface area contributed by atoms with Gasteiger partial charge in [0.1, 0.15) is 0 Å². The zero-order chi connectivity index (χ0) is 13.6. The maximum absolute atomic E-state index is 12.4. The van der Waals surface area contributed by atoms with E-state index < -0.39 is 11.7 Å². The zero-order valence-corrected chi connectivity index (χ0v) is 11.2. The second kappa shape index (κ2) is 6.69. The third-order valence-corrected chi connectivity index (χ3v) is 3.02. The predicted octanol–water partition coefficient (Wildman–Crippen LogP) is 4.68. The van der Waals surface area contributed by atoms with Gasteiger partial charge in [-0.1, -0.05) is 0 Å². The average Bonchev–Trinajstić information content (AvgIpc) is 2.29.